The van der Waals surface area contributed by atoms with Crippen LogP contribution in [0.25, 0.3) is 11.3 Å². The van der Waals surface area contributed by atoms with Crippen molar-refractivity contribution < 1.29 is 14.5 Å². The zero-order chi connectivity index (χ0) is 14.7. The Balaban J connectivity index is 2.48. The molecule has 1 aromatic carbocycles. The first-order chi connectivity index (χ1) is 9.54. The summed E-state index contributed by atoms with van der Waals surface area (Å²) in [5, 5.41) is 20.8. The van der Waals surface area contributed by atoms with E-state index in [-0.39, 0.29) is 23.7 Å². The van der Waals surface area contributed by atoms with E-state index in [0.717, 1.165) is 0 Å². The maximum Gasteiger partial charge on any atom is 0.361 e. The number of nitrogens with one attached hydrogen (secondary N) is 1. The number of hydrogen-bond donors (Lipinski definition) is 1. The number of rotatable bonds is 4. The van der Waals surface area contributed by atoms with Crippen LogP contribution in [0.3, 0.4) is 0 Å². The highest BCUT2D eigenvalue weighted by atomic mass is 79.9. The molecule has 0 amide bonds. The maximum absolute atomic E-state index is 11.7. The molecule has 104 valence electrons. The van der Waals surface area contributed by atoms with Crippen LogP contribution in [0.1, 0.15) is 17.4 Å². The molecule has 0 bridgehead atoms. The Morgan fingerprint density at radius 3 is 2.90 bits per heavy atom. The number of esters is 1. The molecule has 0 saturated carbocycles. The number of ether oxygens (including phenoxy) is 1. The van der Waals surface area contributed by atoms with Gasteiger partial charge in [-0.1, -0.05) is 6.07 Å². The number of halogens is 1. The van der Waals surface area contributed by atoms with Gasteiger partial charge in [0.2, 0.25) is 0 Å². The highest BCUT2D eigenvalue weighted by Crippen LogP contribution is 2.30. The second-order valence-corrected chi connectivity index (χ2v) is 4.52. The van der Waals surface area contributed by atoms with Crippen molar-refractivity contribution in [2.24, 2.45) is 0 Å². The Bertz CT molecular complexity index is 670. The lowest BCUT2D eigenvalue weighted by atomic mass is 10.1. The van der Waals surface area contributed by atoms with Gasteiger partial charge in [-0.05, 0) is 28.9 Å². The summed E-state index contributed by atoms with van der Waals surface area (Å²) < 4.78 is 5.19. The number of aromatic amines is 1. The molecule has 0 spiro atoms. The van der Waals surface area contributed by atoms with Crippen LogP contribution in [0.5, 0.6) is 0 Å². The van der Waals surface area contributed by atoms with Crippen molar-refractivity contribution in [2.75, 3.05) is 6.61 Å². The van der Waals surface area contributed by atoms with Gasteiger partial charge in [-0.25, -0.2) is 4.79 Å². The number of carbonyl (C=O) groups is 1. The van der Waals surface area contributed by atoms with Gasteiger partial charge in [0.1, 0.15) is 5.69 Å². The molecule has 20 heavy (non-hydrogen) atoms. The van der Waals surface area contributed by atoms with Crippen LogP contribution in [0.2, 0.25) is 0 Å². The van der Waals surface area contributed by atoms with Gasteiger partial charge >= 0.3 is 5.97 Å². The summed E-state index contributed by atoms with van der Waals surface area (Å²) in [4.78, 5) is 22.1. The highest BCUT2D eigenvalue weighted by molar-refractivity contribution is 9.10. The van der Waals surface area contributed by atoms with E-state index < -0.39 is 10.9 Å². The van der Waals surface area contributed by atoms with Crippen molar-refractivity contribution >= 4 is 27.6 Å². The van der Waals surface area contributed by atoms with Crippen LogP contribution in [-0.4, -0.2) is 32.9 Å². The minimum atomic E-state index is -0.637. The number of nitrogens with zero attached hydrogens (tertiary/aromatic N) is 3. The van der Waals surface area contributed by atoms with E-state index in [0.29, 0.717) is 10.0 Å². The maximum atomic E-state index is 11.7. The summed E-state index contributed by atoms with van der Waals surface area (Å²) in [6.07, 6.45) is 0. The highest BCUT2D eigenvalue weighted by Gasteiger charge is 2.21. The van der Waals surface area contributed by atoms with Crippen molar-refractivity contribution in [1.82, 2.24) is 15.4 Å². The number of hydrogen-bond acceptors (Lipinski definition) is 6. The van der Waals surface area contributed by atoms with E-state index in [1.165, 1.54) is 12.1 Å². The van der Waals surface area contributed by atoms with Gasteiger partial charge in [-0.3, -0.25) is 10.1 Å². The van der Waals surface area contributed by atoms with E-state index in [9.17, 15) is 14.9 Å². The Labute approximate surface area is 121 Å². The summed E-state index contributed by atoms with van der Waals surface area (Å²) in [6, 6.07) is 4.42. The largest absolute Gasteiger partial charge is 0.461 e. The first-order valence-corrected chi connectivity index (χ1v) is 6.36. The predicted octanol–water partition coefficient (Wildman–Crippen LogP) is 2.32. The summed E-state index contributed by atoms with van der Waals surface area (Å²) in [6.45, 7) is 1.87. The molecular weight excluding hydrogens is 332 g/mol. The third-order valence-corrected chi connectivity index (χ3v) is 3.10. The van der Waals surface area contributed by atoms with E-state index in [1.54, 1.807) is 13.0 Å². The first kappa shape index (κ1) is 14.1. The lowest BCUT2D eigenvalue weighted by molar-refractivity contribution is -0.385. The van der Waals surface area contributed by atoms with Gasteiger partial charge < -0.3 is 4.74 Å². The van der Waals surface area contributed by atoms with Gasteiger partial charge in [0.15, 0.2) is 5.69 Å². The molecule has 0 aliphatic heterocycles. The molecular formula is C11H9BrN4O4. The van der Waals surface area contributed by atoms with Gasteiger partial charge in [0.25, 0.3) is 5.69 Å². The van der Waals surface area contributed by atoms with Crippen LogP contribution >= 0.6 is 15.9 Å². The minimum absolute atomic E-state index is 0.0107. The molecule has 1 heterocycles. The second-order valence-electron chi connectivity index (χ2n) is 3.66. The molecule has 9 heteroatoms. The third-order valence-electron chi connectivity index (χ3n) is 2.43. The Morgan fingerprint density at radius 1 is 1.50 bits per heavy atom. The lowest BCUT2D eigenvalue weighted by Crippen LogP contribution is -2.06. The lowest BCUT2D eigenvalue weighted by Gasteiger charge is -2.02. The molecule has 2 aromatic rings. The zero-order valence-electron chi connectivity index (χ0n) is 10.3. The quantitative estimate of drug-likeness (QED) is 0.519. The molecule has 0 fully saturated rings. The number of benzene rings is 1. The van der Waals surface area contributed by atoms with Crippen LogP contribution < -0.4 is 0 Å². The Morgan fingerprint density at radius 2 is 2.25 bits per heavy atom. The summed E-state index contributed by atoms with van der Waals surface area (Å²) in [7, 11) is 0. The molecule has 0 aliphatic carbocycles. The predicted molar refractivity (Wildman–Crippen MR) is 72.1 cm³/mol. The summed E-state index contributed by atoms with van der Waals surface area (Å²) in [5.41, 5.74) is 0.472. The fourth-order valence-corrected chi connectivity index (χ4v) is 1.97. The summed E-state index contributed by atoms with van der Waals surface area (Å²) in [5.74, 6) is -0.637. The normalized spacial score (nSPS) is 10.3. The molecule has 0 atom stereocenters. The third kappa shape index (κ3) is 2.67. The molecule has 0 saturated heterocycles. The Hall–Kier alpha value is -2.29. The molecule has 1 N–H and O–H groups in total. The molecule has 0 aliphatic rings. The monoisotopic (exact) mass is 340 g/mol. The SMILES string of the molecule is CCOC(=O)c1n[nH]nc1-c1ccc(Br)c([N+](=O)[O-])c1. The number of H-pyrrole nitrogens is 1. The molecule has 1 aromatic heterocycles. The fraction of sp³-hybridized carbons (Fsp3) is 0.182. The van der Waals surface area contributed by atoms with Crippen molar-refractivity contribution in [3.05, 3.63) is 38.5 Å². The average Bonchev–Trinajstić information content (AvgIpc) is 2.88. The van der Waals surface area contributed by atoms with Gasteiger partial charge in [-0.15, -0.1) is 5.10 Å². The van der Waals surface area contributed by atoms with Gasteiger partial charge in [0.05, 0.1) is 16.0 Å². The first-order valence-electron chi connectivity index (χ1n) is 5.56. The van der Waals surface area contributed by atoms with Crippen LogP contribution in [0.15, 0.2) is 22.7 Å². The van der Waals surface area contributed by atoms with E-state index in [1.807, 2.05) is 0 Å². The van der Waals surface area contributed by atoms with Gasteiger partial charge in [-0.2, -0.15) is 10.3 Å². The molecule has 8 nitrogen and oxygen atoms in total. The fourth-order valence-electron chi connectivity index (χ4n) is 1.57. The van der Waals surface area contributed by atoms with E-state index in [2.05, 4.69) is 31.3 Å². The van der Waals surface area contributed by atoms with Crippen LogP contribution in [0, 0.1) is 10.1 Å². The van der Waals surface area contributed by atoms with E-state index >= 15 is 0 Å². The van der Waals surface area contributed by atoms with Crippen molar-refractivity contribution in [2.45, 2.75) is 6.92 Å². The standard InChI is InChI=1S/C11H9BrN4O4/c1-2-20-11(17)10-9(13-15-14-10)6-3-4-7(12)8(5-6)16(18)19/h3-5H,2H2,1H3,(H,13,14,15). The number of carbonyl (C=O) groups excluding carboxylic acids is 1. The molecule has 0 unspecified atom stereocenters. The number of nitro benzene ring substituents is 1. The summed E-state index contributed by atoms with van der Waals surface area (Å²) >= 11 is 3.09. The van der Waals surface area contributed by atoms with Crippen molar-refractivity contribution in [3.8, 4) is 11.3 Å². The average molecular weight is 341 g/mol. The van der Waals surface area contributed by atoms with Crippen molar-refractivity contribution in [1.29, 1.82) is 0 Å². The molecule has 2 rings (SSSR count). The second kappa shape index (κ2) is 5.78. The number of nitro groups is 1. The topological polar surface area (TPSA) is 111 Å². The zero-order valence-corrected chi connectivity index (χ0v) is 11.9. The number of aromatic nitrogens is 3. The Kier molecular flexibility index (Phi) is 4.08. The minimum Gasteiger partial charge on any atom is -0.461 e. The van der Waals surface area contributed by atoms with Crippen LogP contribution in [-0.2, 0) is 4.74 Å². The van der Waals surface area contributed by atoms with Crippen molar-refractivity contribution in [3.63, 3.8) is 0 Å². The van der Waals surface area contributed by atoms with Gasteiger partial charge in [0, 0.05) is 11.6 Å². The molecule has 0 radical (unpaired) electrons. The smallest absolute Gasteiger partial charge is 0.361 e. The van der Waals surface area contributed by atoms with E-state index in [4.69, 9.17) is 4.74 Å². The van der Waals surface area contributed by atoms with Crippen LogP contribution in [0.4, 0.5) is 5.69 Å².